The second-order valence-corrected chi connectivity index (χ2v) is 4.77. The van der Waals surface area contributed by atoms with Gasteiger partial charge in [0.25, 0.3) is 0 Å². The molecule has 1 aliphatic rings. The minimum Gasteiger partial charge on any atom is -0.462 e. The van der Waals surface area contributed by atoms with Gasteiger partial charge in [0.2, 0.25) is 0 Å². The van der Waals surface area contributed by atoms with E-state index in [4.69, 9.17) is 4.74 Å². The monoisotopic (exact) mass is 218 g/mol. The second-order valence-electron chi connectivity index (χ2n) is 3.25. The Bertz CT molecular complexity index is 171. The van der Waals surface area contributed by atoms with E-state index < -0.39 is 0 Å². The first kappa shape index (κ1) is 13.8. The fourth-order valence-electron chi connectivity index (χ4n) is 1.44. The average molecular weight is 218 g/mol. The summed E-state index contributed by atoms with van der Waals surface area (Å²) in [5.74, 6) is 1.54. The molecule has 1 saturated heterocycles. The van der Waals surface area contributed by atoms with Gasteiger partial charge < -0.3 is 4.74 Å². The van der Waals surface area contributed by atoms with E-state index in [0.29, 0.717) is 17.6 Å². The first-order chi connectivity index (χ1) is 6.65. The van der Waals surface area contributed by atoms with Crippen LogP contribution in [0.25, 0.3) is 0 Å². The number of carbonyl (C=O) groups excluding carboxylic acids is 1. The lowest BCUT2D eigenvalue weighted by Crippen LogP contribution is -2.37. The molecule has 0 N–H and O–H groups in total. The van der Waals surface area contributed by atoms with Crippen LogP contribution in [0.5, 0.6) is 0 Å². The van der Waals surface area contributed by atoms with Gasteiger partial charge in [-0.05, 0) is 12.7 Å². The van der Waals surface area contributed by atoms with E-state index in [0.717, 1.165) is 5.75 Å². The van der Waals surface area contributed by atoms with Crippen LogP contribution < -0.4 is 0 Å². The zero-order valence-corrected chi connectivity index (χ0v) is 10.7. The normalized spacial score (nSPS) is 31.5. The van der Waals surface area contributed by atoms with Crippen molar-refractivity contribution >= 4 is 17.7 Å². The number of carbonyl (C=O) groups is 1. The number of hydrogen-bond donors (Lipinski definition) is 0. The molecular weight excluding hydrogens is 196 g/mol. The standard InChI is InChI=1S/C9H16O2S.C2H6/c1-4-12-8-5-9(10)11-7(3)6(8)2;1-2/h6-8H,4-5H2,1-3H3;1-2H3. The van der Waals surface area contributed by atoms with Crippen LogP contribution in [0.2, 0.25) is 0 Å². The second kappa shape index (κ2) is 7.16. The minimum atomic E-state index is -0.0356. The third-order valence-electron chi connectivity index (χ3n) is 2.39. The Kier molecular flexibility index (Phi) is 7.06. The highest BCUT2D eigenvalue weighted by atomic mass is 32.2. The fraction of sp³-hybridized carbons (Fsp3) is 0.909. The van der Waals surface area contributed by atoms with Crippen molar-refractivity contribution in [1.29, 1.82) is 0 Å². The molecule has 1 fully saturated rings. The molecular formula is C11H22O2S. The predicted molar refractivity (Wildman–Crippen MR) is 62.6 cm³/mol. The van der Waals surface area contributed by atoms with Crippen LogP contribution in [0.3, 0.4) is 0 Å². The third-order valence-corrected chi connectivity index (χ3v) is 3.75. The number of ether oxygens (including phenoxy) is 1. The van der Waals surface area contributed by atoms with Gasteiger partial charge in [-0.2, -0.15) is 11.8 Å². The lowest BCUT2D eigenvalue weighted by atomic mass is 9.97. The zero-order valence-electron chi connectivity index (χ0n) is 9.87. The smallest absolute Gasteiger partial charge is 0.307 e. The van der Waals surface area contributed by atoms with Gasteiger partial charge >= 0.3 is 5.97 Å². The van der Waals surface area contributed by atoms with Gasteiger partial charge in [-0.1, -0.05) is 27.7 Å². The molecule has 0 amide bonds. The van der Waals surface area contributed by atoms with E-state index in [-0.39, 0.29) is 12.1 Å². The first-order valence-electron chi connectivity index (χ1n) is 5.46. The molecule has 0 aromatic heterocycles. The van der Waals surface area contributed by atoms with Crippen LogP contribution in [0.1, 0.15) is 41.0 Å². The van der Waals surface area contributed by atoms with Crippen LogP contribution in [-0.2, 0) is 9.53 Å². The van der Waals surface area contributed by atoms with Crippen molar-refractivity contribution in [3.05, 3.63) is 0 Å². The van der Waals surface area contributed by atoms with Gasteiger partial charge in [0.15, 0.2) is 0 Å². The summed E-state index contributed by atoms with van der Waals surface area (Å²) in [6, 6.07) is 0. The lowest BCUT2D eigenvalue weighted by molar-refractivity contribution is -0.155. The maximum absolute atomic E-state index is 11.1. The first-order valence-corrected chi connectivity index (χ1v) is 6.51. The van der Waals surface area contributed by atoms with Crippen molar-refractivity contribution in [1.82, 2.24) is 0 Å². The highest BCUT2D eigenvalue weighted by Gasteiger charge is 2.32. The van der Waals surface area contributed by atoms with Crippen LogP contribution in [-0.4, -0.2) is 23.1 Å². The molecule has 0 aromatic carbocycles. The zero-order chi connectivity index (χ0) is 11.1. The molecule has 3 unspecified atom stereocenters. The summed E-state index contributed by atoms with van der Waals surface area (Å²) in [5, 5.41) is 0.464. The van der Waals surface area contributed by atoms with Gasteiger partial charge in [0.05, 0.1) is 6.42 Å². The van der Waals surface area contributed by atoms with Crippen LogP contribution in [0.15, 0.2) is 0 Å². The average Bonchev–Trinajstić information content (AvgIpc) is 2.17. The van der Waals surface area contributed by atoms with E-state index >= 15 is 0 Å². The SMILES string of the molecule is CC.CCSC1CC(=O)OC(C)C1C. The molecule has 0 radical (unpaired) electrons. The molecule has 3 atom stereocenters. The Labute approximate surface area is 91.8 Å². The van der Waals surface area contributed by atoms with Gasteiger partial charge in [0, 0.05) is 11.2 Å². The van der Waals surface area contributed by atoms with Gasteiger partial charge in [-0.15, -0.1) is 0 Å². The molecule has 1 rings (SSSR count). The summed E-state index contributed by atoms with van der Waals surface area (Å²) in [6.07, 6.45) is 0.680. The van der Waals surface area contributed by atoms with E-state index in [1.165, 1.54) is 0 Å². The maximum atomic E-state index is 11.1. The molecule has 84 valence electrons. The third kappa shape index (κ3) is 3.91. The van der Waals surface area contributed by atoms with Crippen LogP contribution >= 0.6 is 11.8 Å². The topological polar surface area (TPSA) is 26.3 Å². The van der Waals surface area contributed by atoms with Crippen molar-refractivity contribution in [2.24, 2.45) is 5.92 Å². The van der Waals surface area contributed by atoms with Crippen molar-refractivity contribution in [2.75, 3.05) is 5.75 Å². The van der Waals surface area contributed by atoms with Crippen molar-refractivity contribution < 1.29 is 9.53 Å². The highest BCUT2D eigenvalue weighted by molar-refractivity contribution is 7.99. The Morgan fingerprint density at radius 2 is 2.00 bits per heavy atom. The van der Waals surface area contributed by atoms with Crippen molar-refractivity contribution in [3.8, 4) is 0 Å². The van der Waals surface area contributed by atoms with Crippen molar-refractivity contribution in [3.63, 3.8) is 0 Å². The molecule has 0 aromatic rings. The van der Waals surface area contributed by atoms with E-state index in [2.05, 4.69) is 13.8 Å². The van der Waals surface area contributed by atoms with E-state index in [1.807, 2.05) is 32.5 Å². The number of hydrogen-bond acceptors (Lipinski definition) is 3. The molecule has 3 heteroatoms. The molecule has 0 saturated carbocycles. The lowest BCUT2D eigenvalue weighted by Gasteiger charge is -2.32. The molecule has 2 nitrogen and oxygen atoms in total. The molecule has 0 spiro atoms. The van der Waals surface area contributed by atoms with Gasteiger partial charge in [0.1, 0.15) is 6.10 Å². The predicted octanol–water partition coefficient (Wildman–Crippen LogP) is 3.11. The summed E-state index contributed by atoms with van der Waals surface area (Å²) in [4.78, 5) is 11.1. The van der Waals surface area contributed by atoms with Crippen LogP contribution in [0, 0.1) is 5.92 Å². The van der Waals surface area contributed by atoms with Gasteiger partial charge in [-0.3, -0.25) is 4.79 Å². The summed E-state index contributed by atoms with van der Waals surface area (Å²) in [6.45, 7) is 10.3. The minimum absolute atomic E-state index is 0.0356. The molecule has 14 heavy (non-hydrogen) atoms. The number of esters is 1. The van der Waals surface area contributed by atoms with Gasteiger partial charge in [-0.25, -0.2) is 0 Å². The fourth-order valence-corrected chi connectivity index (χ4v) is 2.65. The van der Waals surface area contributed by atoms with E-state index in [9.17, 15) is 4.79 Å². The number of thioether (sulfide) groups is 1. The summed E-state index contributed by atoms with van der Waals surface area (Å²) >= 11 is 1.87. The Morgan fingerprint density at radius 3 is 2.50 bits per heavy atom. The summed E-state index contributed by atoms with van der Waals surface area (Å²) in [7, 11) is 0. The number of cyclic esters (lactones) is 1. The summed E-state index contributed by atoms with van der Waals surface area (Å²) in [5.41, 5.74) is 0. The molecule has 1 heterocycles. The Morgan fingerprint density at radius 1 is 1.43 bits per heavy atom. The summed E-state index contributed by atoms with van der Waals surface area (Å²) < 4.78 is 5.12. The van der Waals surface area contributed by atoms with Crippen molar-refractivity contribution in [2.45, 2.75) is 52.4 Å². The quantitative estimate of drug-likeness (QED) is 0.666. The van der Waals surface area contributed by atoms with Crippen LogP contribution in [0.4, 0.5) is 0 Å². The molecule has 0 bridgehead atoms. The maximum Gasteiger partial charge on any atom is 0.307 e. The molecule has 0 aliphatic carbocycles. The highest BCUT2D eigenvalue weighted by Crippen LogP contribution is 2.30. The Balaban J connectivity index is 0.000000791. The largest absolute Gasteiger partial charge is 0.462 e. The van der Waals surface area contributed by atoms with E-state index in [1.54, 1.807) is 0 Å². The molecule has 1 aliphatic heterocycles. The Hall–Kier alpha value is -0.180. The number of rotatable bonds is 2.